The maximum absolute atomic E-state index is 12.6. The van der Waals surface area contributed by atoms with Crippen molar-refractivity contribution in [2.75, 3.05) is 21.3 Å². The molecular formula is C17H19N3O5. The minimum absolute atomic E-state index is 0.0499. The van der Waals surface area contributed by atoms with Gasteiger partial charge in [0.15, 0.2) is 17.5 Å². The maximum Gasteiger partial charge on any atom is 0.262 e. The van der Waals surface area contributed by atoms with Crippen molar-refractivity contribution in [3.8, 4) is 17.2 Å². The van der Waals surface area contributed by atoms with Gasteiger partial charge in [-0.05, 0) is 29.8 Å². The molecule has 0 radical (unpaired) electrons. The summed E-state index contributed by atoms with van der Waals surface area (Å²) in [4.78, 5) is 16.9. The van der Waals surface area contributed by atoms with Gasteiger partial charge in [0.1, 0.15) is 5.76 Å². The predicted molar refractivity (Wildman–Crippen MR) is 90.0 cm³/mol. The Morgan fingerprint density at radius 3 is 2.32 bits per heavy atom. The van der Waals surface area contributed by atoms with Crippen molar-refractivity contribution in [1.29, 1.82) is 0 Å². The molecule has 1 aromatic heterocycles. The van der Waals surface area contributed by atoms with Crippen LogP contribution in [0.5, 0.6) is 17.2 Å². The number of benzene rings is 1. The lowest BCUT2D eigenvalue weighted by atomic mass is 9.88. The lowest BCUT2D eigenvalue weighted by Crippen LogP contribution is -2.40. The largest absolute Gasteiger partial charge is 0.493 e. The van der Waals surface area contributed by atoms with Crippen molar-refractivity contribution in [2.24, 2.45) is 10.7 Å². The number of ether oxygens (including phenoxy) is 3. The molecule has 1 atom stereocenters. The quantitative estimate of drug-likeness (QED) is 0.814. The van der Waals surface area contributed by atoms with Gasteiger partial charge in [-0.25, -0.2) is 4.99 Å². The molecule has 0 fully saturated rings. The zero-order valence-electron chi connectivity index (χ0n) is 14.2. The zero-order chi connectivity index (χ0) is 18.0. The van der Waals surface area contributed by atoms with Gasteiger partial charge in [-0.2, -0.15) is 0 Å². The van der Waals surface area contributed by atoms with E-state index in [9.17, 15) is 4.79 Å². The van der Waals surface area contributed by atoms with Crippen LogP contribution in [0.25, 0.3) is 0 Å². The normalized spacial score (nSPS) is 19.3. The molecule has 3 N–H and O–H groups in total. The third-order valence-corrected chi connectivity index (χ3v) is 4.04. The first kappa shape index (κ1) is 16.7. The number of rotatable bonds is 6. The van der Waals surface area contributed by atoms with Crippen LogP contribution < -0.4 is 25.3 Å². The summed E-state index contributed by atoms with van der Waals surface area (Å²) >= 11 is 0. The Kier molecular flexibility index (Phi) is 4.26. The molecule has 132 valence electrons. The van der Waals surface area contributed by atoms with Gasteiger partial charge in [-0.3, -0.25) is 10.1 Å². The first-order chi connectivity index (χ1) is 12.0. The molecule has 0 saturated heterocycles. The molecule has 0 bridgehead atoms. The highest BCUT2D eigenvalue weighted by Crippen LogP contribution is 2.41. The van der Waals surface area contributed by atoms with E-state index in [1.807, 2.05) is 0 Å². The molecule has 2 aromatic rings. The number of hydrogen-bond acceptors (Lipinski definition) is 7. The summed E-state index contributed by atoms with van der Waals surface area (Å²) in [6, 6.07) is 6.93. The fraction of sp³-hybridized carbons (Fsp3) is 0.294. The molecule has 8 heteroatoms. The van der Waals surface area contributed by atoms with E-state index in [1.165, 1.54) is 27.6 Å². The van der Waals surface area contributed by atoms with Crippen LogP contribution in [-0.2, 0) is 16.8 Å². The van der Waals surface area contributed by atoms with Crippen molar-refractivity contribution in [3.63, 3.8) is 0 Å². The summed E-state index contributed by atoms with van der Waals surface area (Å²) in [5.41, 5.74) is 5.20. The van der Waals surface area contributed by atoms with Crippen LogP contribution in [0.3, 0.4) is 0 Å². The zero-order valence-corrected chi connectivity index (χ0v) is 14.2. The summed E-state index contributed by atoms with van der Waals surface area (Å²) in [5, 5.41) is 2.54. The number of carbonyl (C=O) groups is 1. The molecule has 1 aliphatic rings. The van der Waals surface area contributed by atoms with Gasteiger partial charge in [0.25, 0.3) is 5.91 Å². The SMILES string of the molecule is COc1cc(C[C@]2(c3ccco3)N=C(N)NC2=O)cc(OC)c1OC. The fourth-order valence-corrected chi connectivity index (χ4v) is 2.92. The van der Waals surface area contributed by atoms with Crippen LogP contribution in [0, 0.1) is 0 Å². The number of nitrogens with zero attached hydrogens (tertiary/aromatic N) is 1. The van der Waals surface area contributed by atoms with Crippen LogP contribution in [0.15, 0.2) is 39.9 Å². The van der Waals surface area contributed by atoms with E-state index >= 15 is 0 Å². The van der Waals surface area contributed by atoms with Crippen molar-refractivity contribution in [1.82, 2.24) is 5.32 Å². The lowest BCUT2D eigenvalue weighted by molar-refractivity contribution is -0.124. The molecule has 8 nitrogen and oxygen atoms in total. The van der Waals surface area contributed by atoms with E-state index in [0.717, 1.165) is 5.56 Å². The van der Waals surface area contributed by atoms with E-state index in [0.29, 0.717) is 23.0 Å². The van der Waals surface area contributed by atoms with Crippen LogP contribution in [0.1, 0.15) is 11.3 Å². The number of hydrogen-bond donors (Lipinski definition) is 2. The lowest BCUT2D eigenvalue weighted by Gasteiger charge is -2.22. The van der Waals surface area contributed by atoms with Gasteiger partial charge in [0, 0.05) is 6.42 Å². The number of methoxy groups -OCH3 is 3. The van der Waals surface area contributed by atoms with Crippen molar-refractivity contribution >= 4 is 11.9 Å². The summed E-state index contributed by atoms with van der Waals surface area (Å²) in [6.07, 6.45) is 1.70. The van der Waals surface area contributed by atoms with E-state index in [1.54, 1.807) is 24.3 Å². The molecule has 0 spiro atoms. The Labute approximate surface area is 144 Å². The average molecular weight is 345 g/mol. The Bertz CT molecular complexity index is 791. The van der Waals surface area contributed by atoms with Gasteiger partial charge in [-0.1, -0.05) is 0 Å². The second-order valence-electron chi connectivity index (χ2n) is 5.50. The predicted octanol–water partition coefficient (Wildman–Crippen LogP) is 1.19. The van der Waals surface area contributed by atoms with Crippen LogP contribution in [0.2, 0.25) is 0 Å². The standard InChI is InChI=1S/C17H19N3O5/c1-22-11-7-10(8-12(23-2)14(11)24-3)9-17(13-5-4-6-25-13)15(21)19-16(18)20-17/h4-8H,9H2,1-3H3,(H3,18,19,20,21)/t17-/m1/s1. The second-order valence-corrected chi connectivity index (χ2v) is 5.50. The molecule has 1 amide bonds. The first-order valence-corrected chi connectivity index (χ1v) is 7.53. The van der Waals surface area contributed by atoms with Crippen molar-refractivity contribution in [2.45, 2.75) is 12.0 Å². The smallest absolute Gasteiger partial charge is 0.262 e. The average Bonchev–Trinajstić information content (AvgIpc) is 3.23. The molecule has 0 unspecified atom stereocenters. The van der Waals surface area contributed by atoms with Crippen LogP contribution in [0.4, 0.5) is 0 Å². The summed E-state index contributed by atoms with van der Waals surface area (Å²) in [6.45, 7) is 0. The number of nitrogens with one attached hydrogen (secondary N) is 1. The van der Waals surface area contributed by atoms with Gasteiger partial charge >= 0.3 is 0 Å². The summed E-state index contributed by atoms with van der Waals surface area (Å²) in [7, 11) is 4.59. The number of nitrogens with two attached hydrogens (primary N) is 1. The number of carbonyl (C=O) groups excluding carboxylic acids is 1. The van der Waals surface area contributed by atoms with Crippen molar-refractivity contribution < 1.29 is 23.4 Å². The second kappa shape index (κ2) is 6.39. The minimum Gasteiger partial charge on any atom is -0.493 e. The Morgan fingerprint density at radius 1 is 1.20 bits per heavy atom. The molecule has 1 aliphatic heterocycles. The molecule has 1 aromatic carbocycles. The molecule has 3 rings (SSSR count). The molecule has 25 heavy (non-hydrogen) atoms. The molecule has 2 heterocycles. The Hall–Kier alpha value is -3.16. The third-order valence-electron chi connectivity index (χ3n) is 4.04. The highest BCUT2D eigenvalue weighted by atomic mass is 16.5. The molecule has 0 aliphatic carbocycles. The van der Waals surface area contributed by atoms with E-state index in [2.05, 4.69) is 10.3 Å². The van der Waals surface area contributed by atoms with E-state index in [-0.39, 0.29) is 18.3 Å². The summed E-state index contributed by atoms with van der Waals surface area (Å²) < 4.78 is 21.5. The van der Waals surface area contributed by atoms with Gasteiger partial charge < -0.3 is 24.4 Å². The Balaban J connectivity index is 2.09. The van der Waals surface area contributed by atoms with Crippen LogP contribution in [-0.4, -0.2) is 33.2 Å². The molecule has 0 saturated carbocycles. The highest BCUT2D eigenvalue weighted by Gasteiger charge is 2.47. The van der Waals surface area contributed by atoms with Crippen molar-refractivity contribution in [3.05, 3.63) is 41.9 Å². The number of guanidine groups is 1. The number of furan rings is 1. The summed E-state index contributed by atoms with van der Waals surface area (Å²) in [5.74, 6) is 1.55. The van der Waals surface area contributed by atoms with E-state index in [4.69, 9.17) is 24.4 Å². The van der Waals surface area contributed by atoms with Gasteiger partial charge in [0.2, 0.25) is 11.3 Å². The van der Waals surface area contributed by atoms with Crippen LogP contribution >= 0.6 is 0 Å². The van der Waals surface area contributed by atoms with E-state index < -0.39 is 5.54 Å². The Morgan fingerprint density at radius 2 is 1.88 bits per heavy atom. The van der Waals surface area contributed by atoms with Gasteiger partial charge in [-0.15, -0.1) is 0 Å². The highest BCUT2D eigenvalue weighted by molar-refractivity contribution is 6.07. The first-order valence-electron chi connectivity index (χ1n) is 7.53. The topological polar surface area (TPSA) is 108 Å². The number of amides is 1. The maximum atomic E-state index is 12.6. The monoisotopic (exact) mass is 345 g/mol. The van der Waals surface area contributed by atoms with Gasteiger partial charge in [0.05, 0.1) is 27.6 Å². The third kappa shape index (κ3) is 2.75. The minimum atomic E-state index is -1.28. The fourth-order valence-electron chi connectivity index (χ4n) is 2.92. The molecular weight excluding hydrogens is 326 g/mol. The number of aliphatic imine (C=N–C) groups is 1.